The fourth-order valence-corrected chi connectivity index (χ4v) is 6.48. The number of hydrogen-bond donors (Lipinski definition) is 4. The molecule has 41 heavy (non-hydrogen) atoms. The lowest BCUT2D eigenvalue weighted by Crippen LogP contribution is -2.47. The lowest BCUT2D eigenvalue weighted by molar-refractivity contribution is -0.170. The van der Waals surface area contributed by atoms with E-state index in [1.54, 1.807) is 11.1 Å². The largest absolute Gasteiger partial charge is 0.481 e. The number of benzene rings is 2. The van der Waals surface area contributed by atoms with Crippen LogP contribution in [0, 0.1) is 0 Å². The number of amides is 1. The van der Waals surface area contributed by atoms with Crippen LogP contribution in [0.2, 0.25) is 0 Å². The number of aryl methyl sites for hydroxylation is 1. The summed E-state index contributed by atoms with van der Waals surface area (Å²) >= 11 is 0. The molecule has 10 heteroatoms. The second-order valence-electron chi connectivity index (χ2n) is 11.4. The Kier molecular flexibility index (Phi) is 9.14. The van der Waals surface area contributed by atoms with Crippen molar-refractivity contribution in [3.05, 3.63) is 65.2 Å². The van der Waals surface area contributed by atoms with Crippen LogP contribution in [0.25, 0.3) is 0 Å². The van der Waals surface area contributed by atoms with Crippen LogP contribution < -0.4 is 4.90 Å². The molecule has 1 amide bonds. The Morgan fingerprint density at radius 1 is 0.829 bits per heavy atom. The normalized spacial score (nSPS) is 18.1. The molecule has 5 rings (SSSR count). The average Bonchev–Trinajstić information content (AvgIpc) is 3.51. The van der Waals surface area contributed by atoms with Crippen LogP contribution in [0.1, 0.15) is 62.1 Å². The highest BCUT2D eigenvalue weighted by Gasteiger charge is 2.42. The predicted molar refractivity (Wildman–Crippen MR) is 151 cm³/mol. The monoisotopic (exact) mass is 566 g/mol. The van der Waals surface area contributed by atoms with Gasteiger partial charge < -0.3 is 30.2 Å². The molecular formula is C31H38N2O8. The molecule has 1 unspecified atom stereocenters. The highest BCUT2D eigenvalue weighted by atomic mass is 16.4. The third-order valence-corrected chi connectivity index (χ3v) is 8.78. The van der Waals surface area contributed by atoms with E-state index in [1.165, 1.54) is 31.2 Å². The number of carboxylic acid groups (broad SMARTS) is 3. The number of aliphatic hydroxyl groups is 1. The Balaban J connectivity index is 0.000000254. The number of aliphatic carboxylic acids is 3. The summed E-state index contributed by atoms with van der Waals surface area (Å²) in [6, 6.07) is 17.7. The zero-order valence-corrected chi connectivity index (χ0v) is 23.3. The summed E-state index contributed by atoms with van der Waals surface area (Å²) in [7, 11) is 0. The van der Waals surface area contributed by atoms with Crippen molar-refractivity contribution in [2.24, 2.45) is 0 Å². The lowest BCUT2D eigenvalue weighted by Gasteiger charge is -2.42. The Morgan fingerprint density at radius 2 is 1.41 bits per heavy atom. The zero-order chi connectivity index (χ0) is 29.8. The molecule has 1 saturated heterocycles. The summed E-state index contributed by atoms with van der Waals surface area (Å²) in [5.41, 5.74) is 3.25. The second-order valence-corrected chi connectivity index (χ2v) is 11.4. The molecule has 1 aliphatic carbocycles. The molecule has 2 heterocycles. The number of rotatable bonds is 8. The van der Waals surface area contributed by atoms with E-state index in [9.17, 15) is 19.2 Å². The minimum Gasteiger partial charge on any atom is -0.481 e. The molecule has 2 aromatic carbocycles. The first-order valence-corrected chi connectivity index (χ1v) is 14.0. The number of carbonyl (C=O) groups excluding carboxylic acids is 1. The maximum absolute atomic E-state index is 13.0. The van der Waals surface area contributed by atoms with E-state index in [2.05, 4.69) is 54.3 Å². The van der Waals surface area contributed by atoms with Crippen molar-refractivity contribution in [3.8, 4) is 0 Å². The highest BCUT2D eigenvalue weighted by Crippen LogP contribution is 2.46. The molecular weight excluding hydrogens is 528 g/mol. The van der Waals surface area contributed by atoms with Crippen molar-refractivity contribution in [3.63, 3.8) is 0 Å². The molecule has 4 N–H and O–H groups in total. The summed E-state index contributed by atoms with van der Waals surface area (Å²) < 4.78 is 0. The van der Waals surface area contributed by atoms with Crippen molar-refractivity contribution in [1.82, 2.24) is 4.90 Å². The van der Waals surface area contributed by atoms with Gasteiger partial charge in [0.25, 0.3) is 0 Å². The van der Waals surface area contributed by atoms with Crippen molar-refractivity contribution >= 4 is 29.5 Å². The van der Waals surface area contributed by atoms with Gasteiger partial charge in [0.2, 0.25) is 5.91 Å². The smallest absolute Gasteiger partial charge is 0.336 e. The van der Waals surface area contributed by atoms with Crippen LogP contribution in [-0.4, -0.2) is 80.4 Å². The fourth-order valence-electron chi connectivity index (χ4n) is 6.48. The van der Waals surface area contributed by atoms with Crippen LogP contribution in [0.4, 0.5) is 5.69 Å². The molecule has 10 nitrogen and oxygen atoms in total. The van der Waals surface area contributed by atoms with E-state index >= 15 is 0 Å². The number of fused-ring (bicyclic) bond motifs is 3. The summed E-state index contributed by atoms with van der Waals surface area (Å²) in [4.78, 5) is 48.0. The van der Waals surface area contributed by atoms with Crippen LogP contribution in [0.5, 0.6) is 0 Å². The van der Waals surface area contributed by atoms with Gasteiger partial charge in [-0.15, -0.1) is 0 Å². The van der Waals surface area contributed by atoms with Gasteiger partial charge in [0.05, 0.1) is 12.8 Å². The van der Waals surface area contributed by atoms with Crippen LogP contribution in [-0.2, 0) is 37.4 Å². The molecule has 2 aromatic rings. The Hall–Kier alpha value is -3.76. The van der Waals surface area contributed by atoms with Crippen molar-refractivity contribution in [1.29, 1.82) is 0 Å². The first-order chi connectivity index (χ1) is 19.4. The summed E-state index contributed by atoms with van der Waals surface area (Å²) in [6.07, 6.45) is 4.32. The predicted octanol–water partition coefficient (Wildman–Crippen LogP) is 3.09. The topological polar surface area (TPSA) is 156 Å². The van der Waals surface area contributed by atoms with Gasteiger partial charge in [0.15, 0.2) is 5.60 Å². The Bertz CT molecular complexity index is 1280. The summed E-state index contributed by atoms with van der Waals surface area (Å²) in [5.74, 6) is -4.74. The summed E-state index contributed by atoms with van der Waals surface area (Å²) in [5, 5.41) is 33.8. The van der Waals surface area contributed by atoms with Crippen LogP contribution in [0.15, 0.2) is 48.5 Å². The minimum absolute atomic E-state index is 0.281. The fraction of sp³-hybridized carbons (Fsp3) is 0.484. The van der Waals surface area contributed by atoms with Crippen molar-refractivity contribution in [2.75, 3.05) is 24.5 Å². The lowest BCUT2D eigenvalue weighted by atomic mass is 9.73. The molecule has 1 atom stereocenters. The average molecular weight is 567 g/mol. The van der Waals surface area contributed by atoms with E-state index < -0.39 is 36.4 Å². The van der Waals surface area contributed by atoms with Gasteiger partial charge in [-0.3, -0.25) is 14.4 Å². The molecule has 0 radical (unpaired) electrons. The first kappa shape index (κ1) is 30.2. The number of anilines is 1. The number of carboxylic acids is 3. The van der Waals surface area contributed by atoms with Crippen LogP contribution >= 0.6 is 0 Å². The number of piperidine rings is 1. The third kappa shape index (κ3) is 6.77. The van der Waals surface area contributed by atoms with E-state index in [0.29, 0.717) is 17.9 Å². The Labute approximate surface area is 239 Å². The molecule has 1 fully saturated rings. The van der Waals surface area contributed by atoms with Gasteiger partial charge in [0.1, 0.15) is 0 Å². The van der Waals surface area contributed by atoms with Gasteiger partial charge in [-0.25, -0.2) is 4.79 Å². The van der Waals surface area contributed by atoms with Gasteiger partial charge in [0, 0.05) is 24.7 Å². The molecule has 220 valence electrons. The van der Waals surface area contributed by atoms with Crippen molar-refractivity contribution in [2.45, 2.75) is 75.3 Å². The van der Waals surface area contributed by atoms with E-state index in [0.717, 1.165) is 31.7 Å². The SMILES string of the molecule is CC(CC(=O)N1CCc2ccccc21)N1CCC2(CCc3ccccc32)CC1.O=C(O)CC(O)(CC(=O)O)C(=O)O. The maximum Gasteiger partial charge on any atom is 0.336 e. The van der Waals surface area contributed by atoms with E-state index in [1.807, 2.05) is 11.0 Å². The molecule has 2 aliphatic heterocycles. The number of nitrogens with zero attached hydrogens (tertiary/aromatic N) is 2. The Morgan fingerprint density at radius 3 is 2.02 bits per heavy atom. The number of likely N-dealkylation sites (tertiary alicyclic amines) is 1. The standard InChI is InChI=1S/C25H30N2O.C6H8O7/c1-19(18-24(28)27-15-11-21-7-3-5-9-23(21)27)26-16-13-25(14-17-26)12-10-20-6-2-4-8-22(20)25;7-3(8)1-6(13,5(11)12)2-4(9)10/h2-9,19H,10-18H2,1H3;13H,1-2H2,(H,7,8)(H,9,10)(H,11,12). The van der Waals surface area contributed by atoms with E-state index in [-0.39, 0.29) is 5.91 Å². The molecule has 3 aliphatic rings. The van der Waals surface area contributed by atoms with Gasteiger partial charge in [-0.1, -0.05) is 42.5 Å². The maximum atomic E-state index is 13.0. The van der Waals surface area contributed by atoms with Crippen LogP contribution in [0.3, 0.4) is 0 Å². The van der Waals surface area contributed by atoms with Gasteiger partial charge in [-0.2, -0.15) is 0 Å². The quantitative estimate of drug-likeness (QED) is 0.377. The second kappa shape index (κ2) is 12.4. The molecule has 0 saturated carbocycles. The van der Waals surface area contributed by atoms with Crippen molar-refractivity contribution < 1.29 is 39.6 Å². The molecule has 0 bridgehead atoms. The molecule has 1 spiro atoms. The zero-order valence-electron chi connectivity index (χ0n) is 23.3. The number of para-hydroxylation sites is 1. The van der Waals surface area contributed by atoms with E-state index in [4.69, 9.17) is 20.4 Å². The number of carbonyl (C=O) groups is 4. The number of hydrogen-bond acceptors (Lipinski definition) is 6. The van der Waals surface area contributed by atoms with Gasteiger partial charge >= 0.3 is 17.9 Å². The third-order valence-electron chi connectivity index (χ3n) is 8.78. The first-order valence-electron chi connectivity index (χ1n) is 14.0. The van der Waals surface area contributed by atoms with Gasteiger partial charge in [-0.05, 0) is 80.3 Å². The minimum atomic E-state index is -2.74. The molecule has 0 aromatic heterocycles. The summed E-state index contributed by atoms with van der Waals surface area (Å²) in [6.45, 7) is 5.30. The highest BCUT2D eigenvalue weighted by molar-refractivity contribution is 5.95.